The van der Waals surface area contributed by atoms with Crippen molar-refractivity contribution in [1.82, 2.24) is 34.8 Å². The third-order valence-corrected chi connectivity index (χ3v) is 5.49. The van der Waals surface area contributed by atoms with E-state index in [9.17, 15) is 4.79 Å². The molecule has 0 saturated heterocycles. The quantitative estimate of drug-likeness (QED) is 0.448. The van der Waals surface area contributed by atoms with Gasteiger partial charge in [-0.05, 0) is 41.3 Å². The molecule has 0 atom stereocenters. The molecule has 0 spiro atoms. The van der Waals surface area contributed by atoms with E-state index in [0.717, 1.165) is 21.8 Å². The number of amides is 1. The Balaban J connectivity index is 1.35. The fourth-order valence-electron chi connectivity index (χ4n) is 3.09. The predicted molar refractivity (Wildman–Crippen MR) is 117 cm³/mol. The Kier molecular flexibility index (Phi) is 5.07. The van der Waals surface area contributed by atoms with E-state index in [1.165, 1.54) is 6.33 Å². The highest BCUT2D eigenvalue weighted by atomic mass is 32.1. The molecule has 0 aliphatic rings. The summed E-state index contributed by atoms with van der Waals surface area (Å²) in [6.45, 7) is 0.366. The summed E-state index contributed by atoms with van der Waals surface area (Å²) in [7, 11) is 0. The molecular formula is C22H17N7OS. The molecule has 0 saturated carbocycles. The van der Waals surface area contributed by atoms with Crippen LogP contribution in [0.1, 0.15) is 16.2 Å². The number of benzene rings is 2. The predicted octanol–water partition coefficient (Wildman–Crippen LogP) is 3.51. The van der Waals surface area contributed by atoms with Gasteiger partial charge in [-0.1, -0.05) is 36.4 Å². The lowest BCUT2D eigenvalue weighted by molar-refractivity contribution is 0.0940. The van der Waals surface area contributed by atoms with E-state index in [-0.39, 0.29) is 11.7 Å². The fraction of sp³-hybridized carbons (Fsp3) is 0.0455. The van der Waals surface area contributed by atoms with Crippen molar-refractivity contribution in [3.8, 4) is 22.1 Å². The van der Waals surface area contributed by atoms with E-state index in [1.807, 2.05) is 72.1 Å². The van der Waals surface area contributed by atoms with Crippen LogP contribution in [-0.2, 0) is 6.54 Å². The van der Waals surface area contributed by atoms with Crippen molar-refractivity contribution in [2.45, 2.75) is 6.54 Å². The summed E-state index contributed by atoms with van der Waals surface area (Å²) >= 11 is 1.55. The Labute approximate surface area is 181 Å². The molecule has 0 aliphatic heterocycles. The summed E-state index contributed by atoms with van der Waals surface area (Å²) in [6.07, 6.45) is 3.12. The standard InChI is InChI=1S/C22H17N7OS/c30-22(24-13-16-8-10-17(11-9-16)28-15-23-14-25-28)20-26-21(19-7-4-12-31-19)29(27-20)18-5-2-1-3-6-18/h1-12,14-15H,13H2,(H,24,30). The molecule has 0 fully saturated rings. The summed E-state index contributed by atoms with van der Waals surface area (Å²) in [5, 5.41) is 13.5. The number of carbonyl (C=O) groups excluding carboxylic acids is 1. The van der Waals surface area contributed by atoms with Crippen LogP contribution in [0.5, 0.6) is 0 Å². The van der Waals surface area contributed by atoms with Crippen molar-refractivity contribution in [2.24, 2.45) is 0 Å². The van der Waals surface area contributed by atoms with Gasteiger partial charge in [0, 0.05) is 6.54 Å². The van der Waals surface area contributed by atoms with Gasteiger partial charge in [-0.15, -0.1) is 16.4 Å². The average molecular weight is 427 g/mol. The zero-order chi connectivity index (χ0) is 21.0. The van der Waals surface area contributed by atoms with Gasteiger partial charge in [0.2, 0.25) is 5.82 Å². The van der Waals surface area contributed by atoms with Gasteiger partial charge in [0.1, 0.15) is 12.7 Å². The monoisotopic (exact) mass is 427 g/mol. The first-order chi connectivity index (χ1) is 15.3. The Morgan fingerprint density at radius 3 is 2.52 bits per heavy atom. The Morgan fingerprint density at radius 1 is 0.968 bits per heavy atom. The van der Waals surface area contributed by atoms with E-state index in [4.69, 9.17) is 0 Å². The number of hydrogen-bond donors (Lipinski definition) is 1. The molecule has 0 unspecified atom stereocenters. The molecule has 5 aromatic rings. The largest absolute Gasteiger partial charge is 0.345 e. The second-order valence-corrected chi connectivity index (χ2v) is 7.62. The molecule has 31 heavy (non-hydrogen) atoms. The maximum Gasteiger partial charge on any atom is 0.291 e. The van der Waals surface area contributed by atoms with Gasteiger partial charge >= 0.3 is 0 Å². The van der Waals surface area contributed by atoms with Gasteiger partial charge in [-0.2, -0.15) is 5.10 Å². The lowest BCUT2D eigenvalue weighted by Crippen LogP contribution is -2.24. The molecule has 3 heterocycles. The third-order valence-electron chi connectivity index (χ3n) is 4.63. The third kappa shape index (κ3) is 3.99. The molecule has 0 bridgehead atoms. The number of nitrogens with one attached hydrogen (secondary N) is 1. The zero-order valence-corrected chi connectivity index (χ0v) is 17.1. The molecule has 1 N–H and O–H groups in total. The summed E-state index contributed by atoms with van der Waals surface area (Å²) in [5.41, 5.74) is 2.70. The van der Waals surface area contributed by atoms with Crippen LogP contribution >= 0.6 is 11.3 Å². The second-order valence-electron chi connectivity index (χ2n) is 6.67. The van der Waals surface area contributed by atoms with Gasteiger partial charge in [0.25, 0.3) is 5.91 Å². The van der Waals surface area contributed by atoms with Crippen LogP contribution in [0, 0.1) is 0 Å². The molecule has 0 aliphatic carbocycles. The van der Waals surface area contributed by atoms with Crippen LogP contribution in [0.4, 0.5) is 0 Å². The van der Waals surface area contributed by atoms with Crippen LogP contribution < -0.4 is 5.32 Å². The first-order valence-electron chi connectivity index (χ1n) is 9.56. The molecule has 0 radical (unpaired) electrons. The molecule has 1 amide bonds. The molecular weight excluding hydrogens is 410 g/mol. The SMILES string of the molecule is O=C(NCc1ccc(-n2cncn2)cc1)c1nc(-c2cccs2)n(-c2ccccc2)n1. The molecule has 8 nitrogen and oxygen atoms in total. The Hall–Kier alpha value is -4.11. The number of thiophene rings is 1. The van der Waals surface area contributed by atoms with Gasteiger partial charge in [-0.3, -0.25) is 4.79 Å². The minimum absolute atomic E-state index is 0.131. The number of hydrogen-bond acceptors (Lipinski definition) is 6. The number of aromatic nitrogens is 6. The van der Waals surface area contributed by atoms with Crippen molar-refractivity contribution < 1.29 is 4.79 Å². The van der Waals surface area contributed by atoms with Crippen molar-refractivity contribution in [3.63, 3.8) is 0 Å². The van der Waals surface area contributed by atoms with Crippen molar-refractivity contribution in [1.29, 1.82) is 0 Å². The van der Waals surface area contributed by atoms with Gasteiger partial charge in [-0.25, -0.2) is 19.3 Å². The lowest BCUT2D eigenvalue weighted by atomic mass is 10.2. The molecule has 5 rings (SSSR count). The minimum atomic E-state index is -0.326. The number of nitrogens with zero attached hydrogens (tertiary/aromatic N) is 6. The first-order valence-corrected chi connectivity index (χ1v) is 10.4. The van der Waals surface area contributed by atoms with E-state index in [0.29, 0.717) is 12.4 Å². The molecule has 152 valence electrons. The molecule has 9 heteroatoms. The van der Waals surface area contributed by atoms with Crippen LogP contribution in [0.25, 0.3) is 22.1 Å². The maximum absolute atomic E-state index is 12.8. The van der Waals surface area contributed by atoms with Crippen LogP contribution in [-0.4, -0.2) is 35.4 Å². The minimum Gasteiger partial charge on any atom is -0.345 e. The van der Waals surface area contributed by atoms with Crippen LogP contribution in [0.3, 0.4) is 0 Å². The van der Waals surface area contributed by atoms with Crippen molar-refractivity contribution in [3.05, 3.63) is 96.2 Å². The summed E-state index contributed by atoms with van der Waals surface area (Å²) in [5.74, 6) is 0.447. The number of rotatable bonds is 6. The summed E-state index contributed by atoms with van der Waals surface area (Å²) in [4.78, 5) is 22.2. The van der Waals surface area contributed by atoms with Crippen molar-refractivity contribution >= 4 is 17.2 Å². The normalized spacial score (nSPS) is 10.8. The van der Waals surface area contributed by atoms with Crippen molar-refractivity contribution in [2.75, 3.05) is 0 Å². The van der Waals surface area contributed by atoms with Gasteiger partial charge in [0.05, 0.1) is 16.3 Å². The van der Waals surface area contributed by atoms with E-state index >= 15 is 0 Å². The molecule has 3 aromatic heterocycles. The molecule has 2 aromatic carbocycles. The second kappa shape index (κ2) is 8.33. The Morgan fingerprint density at radius 2 is 1.81 bits per heavy atom. The van der Waals surface area contributed by atoms with Gasteiger partial charge < -0.3 is 5.32 Å². The highest BCUT2D eigenvalue weighted by Crippen LogP contribution is 2.25. The maximum atomic E-state index is 12.8. The fourth-order valence-corrected chi connectivity index (χ4v) is 3.79. The van der Waals surface area contributed by atoms with E-state index in [2.05, 4.69) is 25.5 Å². The summed E-state index contributed by atoms with van der Waals surface area (Å²) < 4.78 is 3.38. The number of para-hydroxylation sites is 1. The lowest BCUT2D eigenvalue weighted by Gasteiger charge is -2.05. The zero-order valence-electron chi connectivity index (χ0n) is 16.3. The van der Waals surface area contributed by atoms with Gasteiger partial charge in [0.15, 0.2) is 5.82 Å². The van der Waals surface area contributed by atoms with E-state index in [1.54, 1.807) is 27.0 Å². The smallest absolute Gasteiger partial charge is 0.291 e. The average Bonchev–Trinajstić information content (AvgIpc) is 3.59. The highest BCUT2D eigenvalue weighted by Gasteiger charge is 2.19. The summed E-state index contributed by atoms with van der Waals surface area (Å²) in [6, 6.07) is 21.3. The number of carbonyl (C=O) groups is 1. The highest BCUT2D eigenvalue weighted by molar-refractivity contribution is 7.13. The topological polar surface area (TPSA) is 90.5 Å². The van der Waals surface area contributed by atoms with Crippen LogP contribution in [0.2, 0.25) is 0 Å². The Bertz CT molecular complexity index is 1280. The first kappa shape index (κ1) is 18.9. The van der Waals surface area contributed by atoms with Crippen LogP contribution in [0.15, 0.2) is 84.8 Å². The van der Waals surface area contributed by atoms with E-state index < -0.39 is 0 Å².